The van der Waals surface area contributed by atoms with E-state index in [1.54, 1.807) is 12.1 Å². The molecular formula is C19H12Cl2N4O. The van der Waals surface area contributed by atoms with E-state index in [2.05, 4.69) is 16.3 Å². The highest BCUT2D eigenvalue weighted by atomic mass is 35.5. The lowest BCUT2D eigenvalue weighted by Crippen LogP contribution is -2.21. The lowest BCUT2D eigenvalue weighted by molar-refractivity contribution is 0.379. The fraction of sp³-hybridized carbons (Fsp3) is 0.0526. The van der Waals surface area contributed by atoms with Crippen molar-refractivity contribution in [3.8, 4) is 23.2 Å². The Morgan fingerprint density at radius 1 is 1.12 bits per heavy atom. The number of aromatic amines is 1. The van der Waals surface area contributed by atoms with Gasteiger partial charge in [-0.15, -0.1) is 5.10 Å². The predicted molar refractivity (Wildman–Crippen MR) is 99.8 cm³/mol. The summed E-state index contributed by atoms with van der Waals surface area (Å²) in [7, 11) is 0. The van der Waals surface area contributed by atoms with Crippen molar-refractivity contribution in [3.05, 3.63) is 81.2 Å². The van der Waals surface area contributed by atoms with Gasteiger partial charge in [0.15, 0.2) is 0 Å². The quantitative estimate of drug-likeness (QED) is 0.677. The smallest absolute Gasteiger partial charge is 0.244 e. The molecule has 0 fully saturated rings. The third-order valence-corrected chi connectivity index (χ3v) is 5.13. The van der Waals surface area contributed by atoms with Gasteiger partial charge in [0.2, 0.25) is 11.8 Å². The number of hydrogen-bond acceptors (Lipinski definition) is 4. The van der Waals surface area contributed by atoms with Crippen LogP contribution in [0.5, 0.6) is 5.88 Å². The zero-order valence-corrected chi connectivity index (χ0v) is 14.8. The maximum Gasteiger partial charge on any atom is 0.244 e. The first kappa shape index (κ1) is 16.5. The first-order chi connectivity index (χ1) is 12.6. The maximum atomic E-state index is 9.70. The first-order valence-electron chi connectivity index (χ1n) is 7.77. The summed E-state index contributed by atoms with van der Waals surface area (Å²) in [6, 6.07) is 17.1. The van der Waals surface area contributed by atoms with E-state index in [0.717, 1.165) is 11.3 Å². The molecule has 5 nitrogen and oxygen atoms in total. The molecule has 2 heterocycles. The molecule has 2 aromatic carbocycles. The average Bonchev–Trinajstić information content (AvgIpc) is 3.07. The largest absolute Gasteiger partial charge is 0.420 e. The van der Waals surface area contributed by atoms with Crippen molar-refractivity contribution in [2.75, 3.05) is 0 Å². The number of nitrogens with zero attached hydrogens (tertiary/aromatic N) is 2. The normalized spacial score (nSPS) is 16.0. The molecule has 3 N–H and O–H groups in total. The molecule has 0 radical (unpaired) electrons. The third-order valence-electron chi connectivity index (χ3n) is 4.29. The molecular weight excluding hydrogens is 371 g/mol. The van der Waals surface area contributed by atoms with Gasteiger partial charge in [0.1, 0.15) is 11.6 Å². The van der Waals surface area contributed by atoms with Gasteiger partial charge < -0.3 is 10.5 Å². The Kier molecular flexibility index (Phi) is 4.08. The lowest BCUT2D eigenvalue weighted by atomic mass is 9.83. The van der Waals surface area contributed by atoms with Crippen LogP contribution in [0.3, 0.4) is 0 Å². The number of aromatic nitrogens is 2. The van der Waals surface area contributed by atoms with E-state index in [9.17, 15) is 5.26 Å². The molecule has 1 aromatic heterocycles. The van der Waals surface area contributed by atoms with Crippen LogP contribution in [0.1, 0.15) is 17.0 Å². The Morgan fingerprint density at radius 3 is 2.62 bits per heavy atom. The van der Waals surface area contributed by atoms with Crippen LogP contribution < -0.4 is 10.5 Å². The van der Waals surface area contributed by atoms with Crippen molar-refractivity contribution >= 4 is 23.2 Å². The SMILES string of the molecule is N#CC1=C(N)Oc2n[nH]c(-c3ccccc3)c2[C@H]1c1cccc(Cl)c1Cl. The zero-order chi connectivity index (χ0) is 18.3. The van der Waals surface area contributed by atoms with Crippen LogP contribution in [-0.2, 0) is 0 Å². The Labute approximate surface area is 159 Å². The van der Waals surface area contributed by atoms with Crippen LogP contribution in [0, 0.1) is 11.3 Å². The number of nitrogens with two attached hydrogens (primary N) is 1. The number of H-pyrrole nitrogens is 1. The summed E-state index contributed by atoms with van der Waals surface area (Å²) >= 11 is 12.7. The van der Waals surface area contributed by atoms with E-state index in [0.29, 0.717) is 27.1 Å². The number of ether oxygens (including phenoxy) is 1. The number of fused-ring (bicyclic) bond motifs is 1. The monoisotopic (exact) mass is 382 g/mol. The van der Waals surface area contributed by atoms with Gasteiger partial charge in [-0.25, -0.2) is 0 Å². The van der Waals surface area contributed by atoms with Crippen LogP contribution in [0.25, 0.3) is 11.3 Å². The highest BCUT2D eigenvalue weighted by Crippen LogP contribution is 2.48. The third kappa shape index (κ3) is 2.51. The molecule has 0 bridgehead atoms. The number of halogens is 2. The number of nitrogens with one attached hydrogen (secondary N) is 1. The van der Waals surface area contributed by atoms with Gasteiger partial charge in [-0.3, -0.25) is 5.10 Å². The lowest BCUT2D eigenvalue weighted by Gasteiger charge is -2.25. The van der Waals surface area contributed by atoms with Gasteiger partial charge in [-0.2, -0.15) is 5.26 Å². The summed E-state index contributed by atoms with van der Waals surface area (Å²) in [5, 5.41) is 17.7. The van der Waals surface area contributed by atoms with Crippen LogP contribution in [0.2, 0.25) is 10.0 Å². The van der Waals surface area contributed by atoms with Gasteiger partial charge in [-0.1, -0.05) is 65.7 Å². The molecule has 0 amide bonds. The number of allylic oxidation sites excluding steroid dienone is 1. The number of nitriles is 1. The van der Waals surface area contributed by atoms with Crippen molar-refractivity contribution in [1.29, 1.82) is 5.26 Å². The molecule has 1 aliphatic rings. The second-order valence-corrected chi connectivity index (χ2v) is 6.54. The van der Waals surface area contributed by atoms with Crippen molar-refractivity contribution in [1.82, 2.24) is 10.2 Å². The molecule has 0 unspecified atom stereocenters. The fourth-order valence-electron chi connectivity index (χ4n) is 3.12. The summed E-state index contributed by atoms with van der Waals surface area (Å²) in [6.45, 7) is 0. The Hall–Kier alpha value is -2.94. The van der Waals surface area contributed by atoms with Gasteiger partial charge in [0, 0.05) is 0 Å². The van der Waals surface area contributed by atoms with E-state index in [4.69, 9.17) is 33.7 Å². The van der Waals surface area contributed by atoms with Crippen molar-refractivity contribution < 1.29 is 4.74 Å². The molecule has 0 spiro atoms. The van der Waals surface area contributed by atoms with Crippen LogP contribution in [-0.4, -0.2) is 10.2 Å². The van der Waals surface area contributed by atoms with Gasteiger partial charge in [0.05, 0.1) is 27.2 Å². The van der Waals surface area contributed by atoms with E-state index < -0.39 is 5.92 Å². The van der Waals surface area contributed by atoms with Gasteiger partial charge in [0.25, 0.3) is 0 Å². The first-order valence-corrected chi connectivity index (χ1v) is 8.52. The molecule has 1 aliphatic heterocycles. The number of benzene rings is 2. The average molecular weight is 383 g/mol. The minimum absolute atomic E-state index is 0.00662. The van der Waals surface area contributed by atoms with Crippen molar-refractivity contribution in [2.45, 2.75) is 5.92 Å². The number of hydrogen-bond donors (Lipinski definition) is 2. The molecule has 26 heavy (non-hydrogen) atoms. The minimum atomic E-state index is -0.538. The van der Waals surface area contributed by atoms with Crippen LogP contribution in [0.4, 0.5) is 0 Å². The standard InChI is InChI=1S/C19H12Cl2N4O/c20-13-8-4-7-11(16(13)21)14-12(9-22)18(23)26-19-15(14)17(24-25-19)10-5-2-1-3-6-10/h1-8,14H,23H2,(H,24,25)/t14-/m0/s1. The van der Waals surface area contributed by atoms with Crippen LogP contribution in [0.15, 0.2) is 60.0 Å². The minimum Gasteiger partial charge on any atom is -0.420 e. The Balaban J connectivity index is 2.00. The summed E-state index contributed by atoms with van der Waals surface area (Å²) in [4.78, 5) is 0. The Morgan fingerprint density at radius 2 is 1.88 bits per heavy atom. The Bertz CT molecular complexity index is 1070. The van der Waals surface area contributed by atoms with Gasteiger partial charge >= 0.3 is 0 Å². The summed E-state index contributed by atoms with van der Waals surface area (Å²) < 4.78 is 5.58. The number of rotatable bonds is 2. The molecule has 3 aromatic rings. The maximum absolute atomic E-state index is 9.70. The molecule has 0 saturated heterocycles. The summed E-state index contributed by atoms with van der Waals surface area (Å²) in [5.41, 5.74) is 9.25. The van der Waals surface area contributed by atoms with Crippen molar-refractivity contribution in [2.24, 2.45) is 5.73 Å². The zero-order valence-electron chi connectivity index (χ0n) is 13.3. The second kappa shape index (κ2) is 6.41. The van der Waals surface area contributed by atoms with Gasteiger partial charge in [-0.05, 0) is 17.2 Å². The second-order valence-electron chi connectivity index (χ2n) is 5.75. The molecule has 128 valence electrons. The molecule has 7 heteroatoms. The highest BCUT2D eigenvalue weighted by molar-refractivity contribution is 6.42. The topological polar surface area (TPSA) is 87.7 Å². The predicted octanol–water partition coefficient (Wildman–Crippen LogP) is 4.60. The summed E-state index contributed by atoms with van der Waals surface area (Å²) in [6.07, 6.45) is 0. The van der Waals surface area contributed by atoms with E-state index in [-0.39, 0.29) is 11.5 Å². The van der Waals surface area contributed by atoms with Crippen LogP contribution >= 0.6 is 23.2 Å². The van der Waals surface area contributed by atoms with E-state index in [1.807, 2.05) is 36.4 Å². The summed E-state index contributed by atoms with van der Waals surface area (Å²) in [5.74, 6) is -0.211. The fourth-order valence-corrected chi connectivity index (χ4v) is 3.54. The highest BCUT2D eigenvalue weighted by Gasteiger charge is 2.36. The van der Waals surface area contributed by atoms with E-state index in [1.165, 1.54) is 0 Å². The van der Waals surface area contributed by atoms with Crippen molar-refractivity contribution in [3.63, 3.8) is 0 Å². The molecule has 1 atom stereocenters. The molecule has 4 rings (SSSR count). The van der Waals surface area contributed by atoms with E-state index >= 15 is 0 Å². The molecule has 0 aliphatic carbocycles. The molecule has 0 saturated carbocycles.